The number of aliphatic hydroxyl groups is 2. The molecule has 4 aliphatic carbocycles. The molecule has 9 rings (SSSR count). The quantitative estimate of drug-likeness (QED) is 0.0171. The highest BCUT2D eigenvalue weighted by atomic mass is 32.2. The fraction of sp³-hybridized carbons (Fsp3) is 0.598. The number of halogens is 1. The molecule has 3 aromatic carbocycles. The third kappa shape index (κ3) is 28.4. The Kier molecular flexibility index (Phi) is 39.4. The molecular formula is C87H122FN13O26S. The number of para-hydroxylation sites is 1. The Bertz CT molecular complexity index is 4620. The number of hydrogen-bond donors (Lipinski definition) is 12. The van der Waals surface area contributed by atoms with Crippen molar-refractivity contribution in [3.8, 4) is 22.5 Å². The Morgan fingerprint density at radius 3 is 1.91 bits per heavy atom. The number of alkyl halides is 1. The van der Waals surface area contributed by atoms with Crippen LogP contribution in [0.2, 0.25) is 0 Å². The van der Waals surface area contributed by atoms with Crippen LogP contribution in [-0.4, -0.2) is 284 Å². The molecule has 0 saturated heterocycles. The van der Waals surface area contributed by atoms with Crippen LogP contribution in [0.4, 0.5) is 25.4 Å². The van der Waals surface area contributed by atoms with Crippen molar-refractivity contribution in [3.05, 3.63) is 108 Å². The van der Waals surface area contributed by atoms with Crippen LogP contribution in [0.3, 0.4) is 0 Å². The average molecular weight is 1820 g/mol. The number of fused-ring (bicyclic) bond motifs is 10. The second-order valence-electron chi connectivity index (χ2n) is 32.6. The molecule has 4 aromatic rings. The van der Waals surface area contributed by atoms with Crippen molar-refractivity contribution in [2.45, 2.75) is 148 Å². The van der Waals surface area contributed by atoms with Crippen LogP contribution in [0.15, 0.2) is 96.6 Å². The smallest absolute Gasteiger partial charge is 0.407 e. The first-order chi connectivity index (χ1) is 61.3. The standard InChI is InChI=1S/C87H122FN13O26S/c1-57(2)77(81(111)96-68(14-10-28-92-82(89)112)80(110)95-62-19-16-59(17-20-62)54-127-83(113)93-52-75(108)94-56-126-55-71(104)87(114)58(3)49-67-66-21-18-61-50-63(102)24-27-84(61,4)86(66,88)70(103)51-85(67,87)5)97-74(107)26-33-119-37-41-123-44-46-124-42-38-120-34-29-90-72(105)22-23-76(109)100-53-60-11-6-7-12-64(60)79-78(65-13-8-9-15-69(65)100)98-99-101(79)31-35-121-39-43-125-47-45-122-40-36-118-32-25-73(106)91-30-48-128(115,116)117/h6-9,11-13,15-17,19-20,24,27,50,57-58,66-68,70,77,103,114H,10,14,18,21-23,25-26,28-49,51-56H2,1-5H3,(H,90,105)(H,91,106)(H,93,113)(H,94,108)(H,95,110)(H,96,111)(H,97,107)(H3,89,92,112)(H,115,116,117)/t58-,66+,67+,68+,70+,77+,84+,85+,86+,87+/m1/s1. The Morgan fingerprint density at radius 2 is 1.27 bits per heavy atom. The minimum Gasteiger partial charge on any atom is -0.445 e. The van der Waals surface area contributed by atoms with Gasteiger partial charge in [0.25, 0.3) is 10.1 Å². The van der Waals surface area contributed by atoms with E-state index in [1.807, 2.05) is 48.5 Å². The zero-order valence-electron chi connectivity index (χ0n) is 73.0. The number of alkyl carbamates (subject to hydrolysis) is 1. The van der Waals surface area contributed by atoms with Gasteiger partial charge in [-0.2, -0.15) is 8.42 Å². The number of Topliss-reactive ketones (excluding diaryl/α,β-unsaturated/α-hetero) is 1. The van der Waals surface area contributed by atoms with E-state index in [1.54, 1.807) is 62.4 Å². The van der Waals surface area contributed by atoms with Crippen LogP contribution in [-0.2, 0) is 120 Å². The summed E-state index contributed by atoms with van der Waals surface area (Å²) >= 11 is 0. The number of nitrogens with zero attached hydrogens (tertiary/aromatic N) is 4. The molecule has 1 aromatic heterocycles. The van der Waals surface area contributed by atoms with Crippen LogP contribution in [0.25, 0.3) is 22.5 Å². The first-order valence-electron chi connectivity index (χ1n) is 43.1. The van der Waals surface area contributed by atoms with E-state index >= 15 is 4.39 Å². The maximum absolute atomic E-state index is 17.6. The van der Waals surface area contributed by atoms with E-state index in [-0.39, 0.29) is 168 Å². The number of ether oxygens (including phenoxy) is 10. The number of carbonyl (C=O) groups is 11. The molecule has 10 amide bonds. The zero-order chi connectivity index (χ0) is 92.4. The first kappa shape index (κ1) is 102. The molecular weight excluding hydrogens is 1690 g/mol. The SMILES string of the molecule is CC(C)[C@H](NC(=O)CCOCCOCCOCCOCCNC(=O)CCC(=O)N1Cc2ccccc2-c2c(nnn2CCOCCOCCOCCOCCC(=O)NCCS(=O)(=O)O)-c2ccccc21)C(=O)N[C@@H](CCCNC(N)=O)C(=O)Nc1ccc(COC(=O)NCC(=O)NCOCC(=O)[C@@]2(O)[C@H](C)C[C@H]3[C@@H]4CCC5=CC(=O)C=C[C@]5(C)[C@@]4(F)[C@@H](O)C[C@@]32C)cc1. The summed E-state index contributed by atoms with van der Waals surface area (Å²) in [5, 5.41) is 53.6. The van der Waals surface area contributed by atoms with Gasteiger partial charge < -0.3 is 111 Å². The molecule has 41 heteroatoms. The van der Waals surface area contributed by atoms with Gasteiger partial charge in [0.1, 0.15) is 49.9 Å². The molecule has 128 heavy (non-hydrogen) atoms. The number of anilines is 2. The largest absolute Gasteiger partial charge is 0.445 e. The van der Waals surface area contributed by atoms with Crippen LogP contribution in [0.1, 0.15) is 110 Å². The summed E-state index contributed by atoms with van der Waals surface area (Å²) < 4.78 is 105. The number of aromatic nitrogens is 3. The van der Waals surface area contributed by atoms with E-state index in [4.69, 9.17) is 57.7 Å². The molecule has 3 saturated carbocycles. The molecule has 5 aliphatic rings. The maximum atomic E-state index is 17.6. The van der Waals surface area contributed by atoms with Crippen molar-refractivity contribution in [1.82, 2.24) is 52.2 Å². The number of ketones is 2. The highest BCUT2D eigenvalue weighted by Crippen LogP contribution is 2.71. The maximum Gasteiger partial charge on any atom is 0.407 e. The molecule has 0 unspecified atom stereocenters. The summed E-state index contributed by atoms with van der Waals surface area (Å²) in [5.41, 5.74) is 4.48. The topological polar surface area (TPSA) is 531 Å². The fourth-order valence-corrected chi connectivity index (χ4v) is 17.4. The minimum absolute atomic E-state index is 0.0121. The van der Waals surface area contributed by atoms with Gasteiger partial charge in [-0.15, -0.1) is 5.10 Å². The summed E-state index contributed by atoms with van der Waals surface area (Å²) in [6, 6.07) is 18.4. The number of nitrogens with two attached hydrogens (primary N) is 1. The molecule has 1 aliphatic heterocycles. The van der Waals surface area contributed by atoms with E-state index < -0.39 is 147 Å². The fourth-order valence-electron chi connectivity index (χ4n) is 17.0. The third-order valence-electron chi connectivity index (χ3n) is 23.6. The van der Waals surface area contributed by atoms with E-state index in [0.717, 1.165) is 16.8 Å². The van der Waals surface area contributed by atoms with Gasteiger partial charge in [-0.05, 0) is 105 Å². The number of primary amides is 1. The Balaban J connectivity index is 0.584. The van der Waals surface area contributed by atoms with E-state index in [9.17, 15) is 71.4 Å². The Morgan fingerprint density at radius 1 is 0.664 bits per heavy atom. The predicted molar refractivity (Wildman–Crippen MR) is 460 cm³/mol. The van der Waals surface area contributed by atoms with Gasteiger partial charge in [0.2, 0.25) is 41.4 Å². The van der Waals surface area contributed by atoms with Crippen LogP contribution >= 0.6 is 0 Å². The van der Waals surface area contributed by atoms with Gasteiger partial charge in [-0.1, -0.05) is 99.2 Å². The monoisotopic (exact) mass is 1820 g/mol. The second-order valence-corrected chi connectivity index (χ2v) is 34.2. The number of benzene rings is 3. The van der Waals surface area contributed by atoms with Gasteiger partial charge in [0.15, 0.2) is 17.2 Å². The predicted octanol–water partition coefficient (Wildman–Crippen LogP) is 3.22. The van der Waals surface area contributed by atoms with Gasteiger partial charge in [0, 0.05) is 78.9 Å². The van der Waals surface area contributed by atoms with Crippen LogP contribution < -0.4 is 53.2 Å². The van der Waals surface area contributed by atoms with Crippen LogP contribution in [0.5, 0.6) is 0 Å². The van der Waals surface area contributed by atoms with Gasteiger partial charge in [-0.25, -0.2) is 18.7 Å². The summed E-state index contributed by atoms with van der Waals surface area (Å²) in [6.45, 7) is 11.3. The lowest BCUT2D eigenvalue weighted by molar-refractivity contribution is -0.220. The number of rotatable bonds is 55. The molecule has 39 nitrogen and oxygen atoms in total. The molecule has 13 N–H and O–H groups in total. The zero-order valence-corrected chi connectivity index (χ0v) is 73.9. The lowest BCUT2D eigenvalue weighted by atomic mass is 9.44. The summed E-state index contributed by atoms with van der Waals surface area (Å²) in [7, 11) is -4.15. The Hall–Kier alpha value is -10.2. The average Bonchev–Trinajstić information content (AvgIpc) is 1.41. The van der Waals surface area contributed by atoms with Crippen molar-refractivity contribution < 1.29 is 128 Å². The number of aliphatic hydroxyl groups excluding tert-OH is 1. The van der Waals surface area contributed by atoms with E-state index in [1.165, 1.54) is 24.3 Å². The Labute approximate surface area is 742 Å². The lowest BCUT2D eigenvalue weighted by Crippen LogP contribution is -2.69. The molecule has 704 valence electrons. The second kappa shape index (κ2) is 49.6. The van der Waals surface area contributed by atoms with E-state index in [0.29, 0.717) is 92.6 Å². The lowest BCUT2D eigenvalue weighted by Gasteiger charge is -2.62. The third-order valence-corrected chi connectivity index (χ3v) is 24.4. The number of nitrogens with one attached hydrogen (secondary N) is 8. The normalized spacial score (nSPS) is 21.2. The van der Waals surface area contributed by atoms with Crippen LogP contribution in [0, 0.1) is 34.5 Å². The molecule has 0 radical (unpaired) electrons. The van der Waals surface area contributed by atoms with Crippen molar-refractivity contribution >= 4 is 86.5 Å². The number of amides is 10. The molecule has 10 atom stereocenters. The van der Waals surface area contributed by atoms with Crippen molar-refractivity contribution in [3.63, 3.8) is 0 Å². The molecule has 2 heterocycles. The number of urea groups is 1. The van der Waals surface area contributed by atoms with Crippen molar-refractivity contribution in [2.24, 2.45) is 40.2 Å². The highest BCUT2D eigenvalue weighted by Gasteiger charge is 2.75. The molecule has 0 bridgehead atoms. The van der Waals surface area contributed by atoms with Gasteiger partial charge >= 0.3 is 12.1 Å². The highest BCUT2D eigenvalue weighted by molar-refractivity contribution is 7.85. The van der Waals surface area contributed by atoms with E-state index in [2.05, 4.69) is 52.8 Å². The van der Waals surface area contributed by atoms with Gasteiger partial charge in [-0.3, -0.25) is 47.7 Å². The van der Waals surface area contributed by atoms with Crippen molar-refractivity contribution in [2.75, 3.05) is 161 Å². The summed E-state index contributed by atoms with van der Waals surface area (Å²) in [4.78, 5) is 144. The number of allylic oxidation sites excluding steroid dienone is 4. The summed E-state index contributed by atoms with van der Waals surface area (Å²) in [6.07, 6.45) is 2.79. The molecule has 3 fully saturated rings. The first-order valence-corrected chi connectivity index (χ1v) is 44.8. The van der Waals surface area contributed by atoms with Gasteiger partial charge in [0.05, 0.1) is 142 Å². The number of hydrogen-bond acceptors (Lipinski definition) is 27. The molecule has 0 spiro atoms. The minimum atomic E-state index is -4.15. The van der Waals surface area contributed by atoms with Crippen molar-refractivity contribution in [1.29, 1.82) is 0 Å². The number of carbonyl (C=O) groups excluding carboxylic acids is 11. The summed E-state index contributed by atoms with van der Waals surface area (Å²) in [5.74, 6) is -7.11.